The molecule has 2 aliphatic rings. The molecule has 2 fully saturated rings. The maximum Gasteiger partial charge on any atom is 0.185 e. The fourth-order valence-corrected chi connectivity index (χ4v) is 3.24. The second-order valence-electron chi connectivity index (χ2n) is 5.44. The molecule has 1 saturated carbocycles. The normalized spacial score (nSPS) is 28.7. The van der Waals surface area contributed by atoms with Crippen LogP contribution in [0.4, 0.5) is 5.13 Å². The lowest BCUT2D eigenvalue weighted by Crippen LogP contribution is -2.45. The highest BCUT2D eigenvalue weighted by molar-refractivity contribution is 7.13. The molecule has 2 unspecified atom stereocenters. The number of aromatic nitrogens is 1. The summed E-state index contributed by atoms with van der Waals surface area (Å²) in [6.45, 7) is 7.08. The predicted octanol–water partition coefficient (Wildman–Crippen LogP) is 2.01. The molecule has 1 aromatic heterocycles. The maximum absolute atomic E-state index is 5.75. The number of thiazole rings is 1. The third-order valence-electron chi connectivity index (χ3n) is 3.38. The van der Waals surface area contributed by atoms with Gasteiger partial charge in [0, 0.05) is 31.1 Å². The van der Waals surface area contributed by atoms with Crippen LogP contribution in [0.2, 0.25) is 0 Å². The average Bonchev–Trinajstić information content (AvgIpc) is 3.02. The summed E-state index contributed by atoms with van der Waals surface area (Å²) >= 11 is 1.75. The van der Waals surface area contributed by atoms with Gasteiger partial charge >= 0.3 is 0 Å². The Morgan fingerprint density at radius 3 is 2.78 bits per heavy atom. The Bertz CT molecular complexity index is 395. The van der Waals surface area contributed by atoms with Crippen molar-refractivity contribution in [2.45, 2.75) is 51.5 Å². The van der Waals surface area contributed by atoms with Crippen molar-refractivity contribution in [2.24, 2.45) is 0 Å². The first-order chi connectivity index (χ1) is 8.70. The number of ether oxygens (including phenoxy) is 1. The second kappa shape index (κ2) is 5.15. The van der Waals surface area contributed by atoms with Gasteiger partial charge in [0.05, 0.1) is 17.9 Å². The molecule has 100 valence electrons. The summed E-state index contributed by atoms with van der Waals surface area (Å²) in [6, 6.07) is 0.749. The van der Waals surface area contributed by atoms with Gasteiger partial charge in [-0.25, -0.2) is 4.98 Å². The third-order valence-corrected chi connectivity index (χ3v) is 4.33. The van der Waals surface area contributed by atoms with Crippen LogP contribution in [0.3, 0.4) is 0 Å². The summed E-state index contributed by atoms with van der Waals surface area (Å²) < 4.78 is 5.75. The first-order valence-electron chi connectivity index (χ1n) is 6.79. The van der Waals surface area contributed by atoms with Gasteiger partial charge in [-0.15, -0.1) is 11.3 Å². The first kappa shape index (κ1) is 12.4. The Morgan fingerprint density at radius 2 is 2.11 bits per heavy atom. The zero-order valence-electron chi connectivity index (χ0n) is 11.1. The zero-order chi connectivity index (χ0) is 12.5. The molecule has 2 heterocycles. The van der Waals surface area contributed by atoms with Gasteiger partial charge in [0.25, 0.3) is 0 Å². The molecule has 1 aliphatic carbocycles. The van der Waals surface area contributed by atoms with E-state index in [0.29, 0.717) is 12.2 Å². The van der Waals surface area contributed by atoms with Crippen molar-refractivity contribution < 1.29 is 4.74 Å². The minimum absolute atomic E-state index is 0.297. The van der Waals surface area contributed by atoms with Gasteiger partial charge in [-0.05, 0) is 26.7 Å². The minimum Gasteiger partial charge on any atom is -0.372 e. The van der Waals surface area contributed by atoms with Crippen molar-refractivity contribution in [2.75, 3.05) is 18.0 Å². The Morgan fingerprint density at radius 1 is 1.39 bits per heavy atom. The smallest absolute Gasteiger partial charge is 0.185 e. The number of hydrogen-bond donors (Lipinski definition) is 1. The lowest BCUT2D eigenvalue weighted by atomic mass is 10.2. The number of anilines is 1. The Balaban J connectivity index is 1.60. The summed E-state index contributed by atoms with van der Waals surface area (Å²) in [6.07, 6.45) is 3.25. The van der Waals surface area contributed by atoms with Crippen LogP contribution in [0, 0.1) is 0 Å². The first-order valence-corrected chi connectivity index (χ1v) is 7.67. The van der Waals surface area contributed by atoms with E-state index in [-0.39, 0.29) is 0 Å². The molecule has 0 spiro atoms. The number of morpholine rings is 1. The van der Waals surface area contributed by atoms with E-state index < -0.39 is 0 Å². The van der Waals surface area contributed by atoms with Gasteiger partial charge in [0.15, 0.2) is 5.13 Å². The maximum atomic E-state index is 5.75. The number of nitrogens with one attached hydrogen (secondary N) is 1. The summed E-state index contributed by atoms with van der Waals surface area (Å²) in [5, 5.41) is 6.83. The molecule has 3 rings (SSSR count). The second-order valence-corrected chi connectivity index (χ2v) is 6.28. The molecule has 1 aromatic rings. The highest BCUT2D eigenvalue weighted by Gasteiger charge is 2.24. The molecule has 5 heteroatoms. The summed E-state index contributed by atoms with van der Waals surface area (Å²) in [5.41, 5.74) is 1.17. The molecular formula is C13H21N3OS. The van der Waals surface area contributed by atoms with E-state index in [1.54, 1.807) is 11.3 Å². The SMILES string of the molecule is CC1CN(c2nc(CNC3CC3)cs2)CC(C)O1. The van der Waals surface area contributed by atoms with E-state index in [1.165, 1.54) is 18.5 Å². The van der Waals surface area contributed by atoms with Crippen molar-refractivity contribution in [1.82, 2.24) is 10.3 Å². The molecule has 1 N–H and O–H groups in total. The average molecular weight is 267 g/mol. The molecule has 18 heavy (non-hydrogen) atoms. The Hall–Kier alpha value is -0.650. The van der Waals surface area contributed by atoms with Gasteiger partial charge in [-0.2, -0.15) is 0 Å². The van der Waals surface area contributed by atoms with Crippen LogP contribution in [-0.2, 0) is 11.3 Å². The molecule has 0 aromatic carbocycles. The van der Waals surface area contributed by atoms with Crippen LogP contribution in [0.5, 0.6) is 0 Å². The largest absolute Gasteiger partial charge is 0.372 e. The molecule has 0 amide bonds. The van der Waals surface area contributed by atoms with Gasteiger partial charge in [0.2, 0.25) is 0 Å². The third kappa shape index (κ3) is 3.02. The number of rotatable bonds is 4. The molecule has 1 aliphatic heterocycles. The monoisotopic (exact) mass is 267 g/mol. The molecule has 0 bridgehead atoms. The van der Waals surface area contributed by atoms with Gasteiger partial charge in [-0.1, -0.05) is 0 Å². The van der Waals surface area contributed by atoms with E-state index in [1.807, 2.05) is 0 Å². The zero-order valence-corrected chi connectivity index (χ0v) is 11.9. The van der Waals surface area contributed by atoms with Crippen molar-refractivity contribution in [3.63, 3.8) is 0 Å². The minimum atomic E-state index is 0.297. The summed E-state index contributed by atoms with van der Waals surface area (Å²) in [7, 11) is 0. The van der Waals surface area contributed by atoms with Crippen LogP contribution in [0.15, 0.2) is 5.38 Å². The fraction of sp³-hybridized carbons (Fsp3) is 0.769. The van der Waals surface area contributed by atoms with E-state index in [4.69, 9.17) is 9.72 Å². The molecule has 0 radical (unpaired) electrons. The summed E-state index contributed by atoms with van der Waals surface area (Å²) in [5.74, 6) is 0. The van der Waals surface area contributed by atoms with E-state index in [0.717, 1.165) is 30.8 Å². The van der Waals surface area contributed by atoms with E-state index >= 15 is 0 Å². The topological polar surface area (TPSA) is 37.4 Å². The van der Waals surface area contributed by atoms with E-state index in [2.05, 4.69) is 29.4 Å². The van der Waals surface area contributed by atoms with Gasteiger partial charge < -0.3 is 15.0 Å². The van der Waals surface area contributed by atoms with Crippen LogP contribution in [0.25, 0.3) is 0 Å². The Kier molecular flexibility index (Phi) is 3.54. The summed E-state index contributed by atoms with van der Waals surface area (Å²) in [4.78, 5) is 7.08. The lowest BCUT2D eigenvalue weighted by molar-refractivity contribution is -0.00523. The van der Waals surface area contributed by atoms with Crippen molar-refractivity contribution in [3.05, 3.63) is 11.1 Å². The van der Waals surface area contributed by atoms with Crippen molar-refractivity contribution >= 4 is 16.5 Å². The van der Waals surface area contributed by atoms with Crippen molar-refractivity contribution in [3.8, 4) is 0 Å². The van der Waals surface area contributed by atoms with Crippen LogP contribution >= 0.6 is 11.3 Å². The highest BCUT2D eigenvalue weighted by atomic mass is 32.1. The van der Waals surface area contributed by atoms with Crippen LogP contribution < -0.4 is 10.2 Å². The highest BCUT2D eigenvalue weighted by Crippen LogP contribution is 2.25. The number of hydrogen-bond acceptors (Lipinski definition) is 5. The van der Waals surface area contributed by atoms with Crippen molar-refractivity contribution in [1.29, 1.82) is 0 Å². The number of nitrogens with zero attached hydrogens (tertiary/aromatic N) is 2. The predicted molar refractivity (Wildman–Crippen MR) is 74.2 cm³/mol. The Labute approximate surface area is 112 Å². The molecule has 2 atom stereocenters. The van der Waals surface area contributed by atoms with Gasteiger partial charge in [0.1, 0.15) is 0 Å². The molecule has 1 saturated heterocycles. The lowest BCUT2D eigenvalue weighted by Gasteiger charge is -2.35. The van der Waals surface area contributed by atoms with Crippen LogP contribution in [-0.4, -0.2) is 36.3 Å². The van der Waals surface area contributed by atoms with Gasteiger partial charge in [-0.3, -0.25) is 0 Å². The molecule has 4 nitrogen and oxygen atoms in total. The van der Waals surface area contributed by atoms with E-state index in [9.17, 15) is 0 Å². The molecular weight excluding hydrogens is 246 g/mol. The standard InChI is InChI=1S/C13H21N3OS/c1-9-6-16(7-10(2)17-9)13-15-12(8-18-13)5-14-11-3-4-11/h8-11,14H,3-7H2,1-2H3. The van der Waals surface area contributed by atoms with Crippen LogP contribution in [0.1, 0.15) is 32.4 Å². The quantitative estimate of drug-likeness (QED) is 0.905. The fourth-order valence-electron chi connectivity index (χ4n) is 2.39.